The van der Waals surface area contributed by atoms with E-state index in [1.807, 2.05) is 4.90 Å². The number of piperidine rings is 1. The zero-order chi connectivity index (χ0) is 8.27. The van der Waals surface area contributed by atoms with Gasteiger partial charge in [-0.15, -0.1) is 0 Å². The lowest BCUT2D eigenvalue weighted by Gasteiger charge is -2.28. The first-order chi connectivity index (χ1) is 5.18. The third kappa shape index (κ3) is 3.37. The molecule has 0 aromatic heterocycles. The maximum absolute atomic E-state index is 10.3. The van der Waals surface area contributed by atoms with Crippen LogP contribution in [0.2, 0.25) is 0 Å². The molecule has 1 unspecified atom stereocenters. The van der Waals surface area contributed by atoms with Crippen molar-refractivity contribution in [3.63, 3.8) is 0 Å². The lowest BCUT2D eigenvalue weighted by atomic mass is 10.1. The lowest BCUT2D eigenvalue weighted by Crippen LogP contribution is -2.38. The Morgan fingerprint density at radius 1 is 1.73 bits per heavy atom. The molecule has 1 atom stereocenters. The Labute approximate surface area is 79.9 Å². The summed E-state index contributed by atoms with van der Waals surface area (Å²) in [7, 11) is 0. The number of carboxylic acid groups (broad SMARTS) is 1. The molecule has 1 aliphatic heterocycles. The molecule has 0 aromatic rings. The lowest BCUT2D eigenvalue weighted by molar-refractivity contribution is -0.138. The molecule has 1 aliphatic rings. The molecule has 0 saturated carbocycles. The molecule has 0 amide bonds. The third-order valence-electron chi connectivity index (χ3n) is 1.81. The molecule has 1 rings (SSSR count). The number of aliphatic carboxylic acids is 1. The van der Waals surface area contributed by atoms with Crippen LogP contribution in [0.25, 0.3) is 0 Å². The first-order valence-corrected chi connectivity index (χ1v) is 5.01. The van der Waals surface area contributed by atoms with E-state index in [9.17, 15) is 4.79 Å². The largest absolute Gasteiger partial charge is 0.480 e. The second-order valence-electron chi connectivity index (χ2n) is 2.87. The predicted octanol–water partition coefficient (Wildman–Crippen LogP) is 0.970. The molecule has 0 bridgehead atoms. The summed E-state index contributed by atoms with van der Waals surface area (Å²) < 4.78 is 0.640. The molecule has 1 heterocycles. The fourth-order valence-electron chi connectivity index (χ4n) is 1.33. The minimum absolute atomic E-state index is 0.208. The molecule has 0 radical (unpaired) electrons. The van der Waals surface area contributed by atoms with Crippen LogP contribution < -0.4 is 0 Å². The van der Waals surface area contributed by atoms with Crippen LogP contribution in [0.5, 0.6) is 0 Å². The summed E-state index contributed by atoms with van der Waals surface area (Å²) in [5.74, 6) is -0.713. The number of hydrogen-bond donors (Lipinski definition) is 1. The van der Waals surface area contributed by atoms with E-state index < -0.39 is 5.97 Å². The highest BCUT2D eigenvalue weighted by Crippen LogP contribution is 2.16. The van der Waals surface area contributed by atoms with Gasteiger partial charge in [-0.2, -0.15) is 0 Å². The standard InChI is InChI=1S/C7H12INO2/c8-6-2-1-3-9(4-6)5-7(10)11/h6H,1-5H2,(H,10,11). The number of alkyl halides is 1. The summed E-state index contributed by atoms with van der Waals surface area (Å²) in [5.41, 5.74) is 0. The molecule has 0 spiro atoms. The van der Waals surface area contributed by atoms with Crippen molar-refractivity contribution in [2.45, 2.75) is 16.8 Å². The average Bonchev–Trinajstić information content (AvgIpc) is 1.85. The van der Waals surface area contributed by atoms with E-state index in [-0.39, 0.29) is 6.54 Å². The first-order valence-electron chi connectivity index (χ1n) is 3.76. The number of halogens is 1. The van der Waals surface area contributed by atoms with Crippen LogP contribution in [0.3, 0.4) is 0 Å². The molecule has 1 saturated heterocycles. The van der Waals surface area contributed by atoms with Gasteiger partial charge in [0.1, 0.15) is 0 Å². The summed E-state index contributed by atoms with van der Waals surface area (Å²) in [6.07, 6.45) is 2.37. The van der Waals surface area contributed by atoms with E-state index in [2.05, 4.69) is 22.6 Å². The van der Waals surface area contributed by atoms with Crippen molar-refractivity contribution in [3.05, 3.63) is 0 Å². The number of nitrogens with zero attached hydrogens (tertiary/aromatic N) is 1. The highest BCUT2D eigenvalue weighted by molar-refractivity contribution is 14.1. The minimum Gasteiger partial charge on any atom is -0.480 e. The van der Waals surface area contributed by atoms with Crippen molar-refractivity contribution >= 4 is 28.6 Å². The van der Waals surface area contributed by atoms with E-state index in [4.69, 9.17) is 5.11 Å². The highest BCUT2D eigenvalue weighted by atomic mass is 127. The van der Waals surface area contributed by atoms with Gasteiger partial charge in [-0.1, -0.05) is 22.6 Å². The quantitative estimate of drug-likeness (QED) is 0.600. The van der Waals surface area contributed by atoms with E-state index in [0.29, 0.717) is 3.92 Å². The summed E-state index contributed by atoms with van der Waals surface area (Å²) >= 11 is 2.38. The molecule has 0 aromatic carbocycles. The Balaban J connectivity index is 2.28. The van der Waals surface area contributed by atoms with Gasteiger partial charge in [0.25, 0.3) is 0 Å². The second kappa shape index (κ2) is 4.25. The first kappa shape index (κ1) is 9.25. The molecule has 3 nitrogen and oxygen atoms in total. The Morgan fingerprint density at radius 3 is 3.00 bits per heavy atom. The zero-order valence-corrected chi connectivity index (χ0v) is 8.45. The summed E-state index contributed by atoms with van der Waals surface area (Å²) in [6.45, 7) is 2.10. The normalized spacial score (nSPS) is 26.8. The molecule has 11 heavy (non-hydrogen) atoms. The van der Waals surface area contributed by atoms with Crippen molar-refractivity contribution in [2.24, 2.45) is 0 Å². The van der Waals surface area contributed by atoms with Crippen LogP contribution in [0.15, 0.2) is 0 Å². The van der Waals surface area contributed by atoms with E-state index >= 15 is 0 Å². The fraction of sp³-hybridized carbons (Fsp3) is 0.857. The summed E-state index contributed by atoms with van der Waals surface area (Å²) in [4.78, 5) is 12.3. The average molecular weight is 269 g/mol. The Hall–Kier alpha value is 0.160. The van der Waals surface area contributed by atoms with Crippen LogP contribution in [-0.4, -0.2) is 39.5 Å². The van der Waals surface area contributed by atoms with E-state index in [0.717, 1.165) is 19.5 Å². The molecule has 1 fully saturated rings. The molecule has 64 valence electrons. The van der Waals surface area contributed by atoms with Gasteiger partial charge in [-0.3, -0.25) is 9.69 Å². The highest BCUT2D eigenvalue weighted by Gasteiger charge is 2.18. The van der Waals surface area contributed by atoms with Gasteiger partial charge in [0.05, 0.1) is 6.54 Å². The summed E-state index contributed by atoms with van der Waals surface area (Å²) in [5, 5.41) is 8.51. The van der Waals surface area contributed by atoms with Gasteiger partial charge in [-0.05, 0) is 19.4 Å². The number of likely N-dealkylation sites (tertiary alicyclic amines) is 1. The molecule has 1 N–H and O–H groups in total. The second-order valence-corrected chi connectivity index (χ2v) is 4.63. The van der Waals surface area contributed by atoms with Crippen molar-refractivity contribution < 1.29 is 9.90 Å². The zero-order valence-electron chi connectivity index (χ0n) is 6.29. The van der Waals surface area contributed by atoms with Gasteiger partial charge in [0.15, 0.2) is 0 Å². The maximum Gasteiger partial charge on any atom is 0.317 e. The molecule has 0 aliphatic carbocycles. The van der Waals surface area contributed by atoms with Crippen molar-refractivity contribution in [2.75, 3.05) is 19.6 Å². The number of rotatable bonds is 2. The molecule has 4 heteroatoms. The topological polar surface area (TPSA) is 40.5 Å². The van der Waals surface area contributed by atoms with Gasteiger partial charge >= 0.3 is 5.97 Å². The Morgan fingerprint density at radius 2 is 2.45 bits per heavy atom. The summed E-state index contributed by atoms with van der Waals surface area (Å²) in [6, 6.07) is 0. The maximum atomic E-state index is 10.3. The predicted molar refractivity (Wildman–Crippen MR) is 51.1 cm³/mol. The monoisotopic (exact) mass is 269 g/mol. The van der Waals surface area contributed by atoms with Gasteiger partial charge in [0.2, 0.25) is 0 Å². The van der Waals surface area contributed by atoms with Crippen LogP contribution in [0.4, 0.5) is 0 Å². The third-order valence-corrected chi connectivity index (χ3v) is 2.82. The smallest absolute Gasteiger partial charge is 0.317 e. The van der Waals surface area contributed by atoms with Crippen molar-refractivity contribution in [1.82, 2.24) is 4.90 Å². The number of hydrogen-bond acceptors (Lipinski definition) is 2. The van der Waals surface area contributed by atoms with Gasteiger partial charge < -0.3 is 5.11 Å². The number of carbonyl (C=O) groups is 1. The minimum atomic E-state index is -0.713. The SMILES string of the molecule is O=C(O)CN1CCCC(I)C1. The van der Waals surface area contributed by atoms with Crippen molar-refractivity contribution in [1.29, 1.82) is 0 Å². The van der Waals surface area contributed by atoms with Crippen LogP contribution in [-0.2, 0) is 4.79 Å². The van der Waals surface area contributed by atoms with Crippen LogP contribution in [0.1, 0.15) is 12.8 Å². The van der Waals surface area contributed by atoms with E-state index in [1.165, 1.54) is 6.42 Å². The van der Waals surface area contributed by atoms with Crippen molar-refractivity contribution in [3.8, 4) is 0 Å². The molecular formula is C7H12INO2. The van der Waals surface area contributed by atoms with Crippen LogP contribution in [0, 0.1) is 0 Å². The van der Waals surface area contributed by atoms with E-state index in [1.54, 1.807) is 0 Å². The Kier molecular flexibility index (Phi) is 3.58. The number of carboxylic acids is 1. The van der Waals surface area contributed by atoms with Crippen LogP contribution >= 0.6 is 22.6 Å². The Bertz CT molecular complexity index is 151. The molecular weight excluding hydrogens is 257 g/mol. The van der Waals surface area contributed by atoms with Gasteiger partial charge in [-0.25, -0.2) is 0 Å². The van der Waals surface area contributed by atoms with Gasteiger partial charge in [0, 0.05) is 10.5 Å². The fourth-order valence-corrected chi connectivity index (χ4v) is 2.33.